The summed E-state index contributed by atoms with van der Waals surface area (Å²) in [5.41, 5.74) is 0.906. The van der Waals surface area contributed by atoms with Gasteiger partial charge in [-0.3, -0.25) is 0 Å². The molecule has 0 bridgehead atoms. The van der Waals surface area contributed by atoms with Crippen LogP contribution in [0.1, 0.15) is 31.4 Å². The average Bonchev–Trinajstić information content (AvgIpc) is 2.41. The van der Waals surface area contributed by atoms with E-state index >= 15 is 0 Å². The minimum Gasteiger partial charge on any atom is -0.388 e. The number of hydrogen-bond acceptors (Lipinski definition) is 3. The Morgan fingerprint density at radius 1 is 1.33 bits per heavy atom. The third-order valence-electron chi connectivity index (χ3n) is 3.57. The van der Waals surface area contributed by atoms with E-state index in [0.717, 1.165) is 18.4 Å². The smallest absolute Gasteiger partial charge is 0.0868 e. The third kappa shape index (κ3) is 2.80. The Kier molecular flexibility index (Phi) is 4.53. The molecule has 3 heteroatoms. The van der Waals surface area contributed by atoms with Crippen LogP contribution in [0.25, 0.3) is 0 Å². The highest BCUT2D eigenvalue weighted by molar-refractivity contribution is 5.21. The van der Waals surface area contributed by atoms with Crippen molar-refractivity contribution in [3.63, 3.8) is 0 Å². The Bertz CT molecular complexity index is 391. The van der Waals surface area contributed by atoms with Gasteiger partial charge in [-0.05, 0) is 12.0 Å². The average molecular weight is 247 g/mol. The lowest BCUT2D eigenvalue weighted by molar-refractivity contribution is -0.146. The van der Waals surface area contributed by atoms with Gasteiger partial charge >= 0.3 is 0 Å². The van der Waals surface area contributed by atoms with Crippen molar-refractivity contribution in [1.82, 2.24) is 5.06 Å². The molecule has 0 aromatic heterocycles. The Labute approximate surface area is 108 Å². The van der Waals surface area contributed by atoms with Crippen molar-refractivity contribution < 1.29 is 10.3 Å². The summed E-state index contributed by atoms with van der Waals surface area (Å²) in [7, 11) is 0. The van der Waals surface area contributed by atoms with E-state index in [9.17, 15) is 10.3 Å². The van der Waals surface area contributed by atoms with E-state index in [1.807, 2.05) is 42.5 Å². The van der Waals surface area contributed by atoms with Gasteiger partial charge in [0.05, 0.1) is 6.10 Å². The molecule has 1 unspecified atom stereocenters. The van der Waals surface area contributed by atoms with Gasteiger partial charge in [0.2, 0.25) is 0 Å². The topological polar surface area (TPSA) is 43.7 Å². The first kappa shape index (κ1) is 13.3. The number of benzene rings is 1. The summed E-state index contributed by atoms with van der Waals surface area (Å²) < 4.78 is 0. The lowest BCUT2D eigenvalue weighted by Gasteiger charge is -2.36. The summed E-state index contributed by atoms with van der Waals surface area (Å²) in [5.74, 6) is -0.0499. The van der Waals surface area contributed by atoms with Crippen LogP contribution in [0.15, 0.2) is 42.5 Å². The fourth-order valence-electron chi connectivity index (χ4n) is 2.61. The summed E-state index contributed by atoms with van der Waals surface area (Å²) in [5, 5.41) is 21.8. The van der Waals surface area contributed by atoms with Crippen LogP contribution in [0.3, 0.4) is 0 Å². The van der Waals surface area contributed by atoms with Crippen molar-refractivity contribution in [2.45, 2.75) is 31.9 Å². The van der Waals surface area contributed by atoms with Gasteiger partial charge < -0.3 is 10.3 Å². The van der Waals surface area contributed by atoms with Gasteiger partial charge in [0.25, 0.3) is 0 Å². The number of aliphatic hydroxyl groups excluding tert-OH is 1. The summed E-state index contributed by atoms with van der Waals surface area (Å²) >= 11 is 0. The fraction of sp³-hybridized carbons (Fsp3) is 0.467. The summed E-state index contributed by atoms with van der Waals surface area (Å²) in [6.07, 6.45) is 5.27. The molecular formula is C15H21NO2. The number of aliphatic hydroxyl groups is 1. The largest absolute Gasteiger partial charge is 0.388 e. The molecule has 0 aliphatic carbocycles. The standard InChI is InChI=1S/C15H21NO2/c1-2-7-14-13(10-6-11-16(14)18)15(17)12-8-4-3-5-9-12/h3-6,8-10,13-15,17-18H,2,7,11H2,1H3/t13-,14+,15?/m1/s1. The number of hydrogen-bond donors (Lipinski definition) is 2. The highest BCUT2D eigenvalue weighted by Gasteiger charge is 2.32. The van der Waals surface area contributed by atoms with Crippen LogP contribution >= 0.6 is 0 Å². The molecule has 2 N–H and O–H groups in total. The molecule has 0 saturated carbocycles. The maximum Gasteiger partial charge on any atom is 0.0868 e. The summed E-state index contributed by atoms with van der Waals surface area (Å²) in [6.45, 7) is 2.64. The molecule has 1 aliphatic heterocycles. The highest BCUT2D eigenvalue weighted by Crippen LogP contribution is 2.32. The molecule has 1 aromatic carbocycles. The van der Waals surface area contributed by atoms with E-state index in [1.54, 1.807) is 0 Å². The highest BCUT2D eigenvalue weighted by atomic mass is 16.5. The van der Waals surface area contributed by atoms with Crippen molar-refractivity contribution in [3.8, 4) is 0 Å². The SMILES string of the molecule is CCC[C@H]1[C@H](C(O)c2ccccc2)C=CCN1O. The number of rotatable bonds is 4. The Balaban J connectivity index is 2.19. The molecule has 1 aliphatic rings. The molecule has 0 radical (unpaired) electrons. The maximum absolute atomic E-state index is 10.5. The third-order valence-corrected chi connectivity index (χ3v) is 3.57. The first-order valence-corrected chi connectivity index (χ1v) is 6.59. The zero-order valence-electron chi connectivity index (χ0n) is 10.7. The van der Waals surface area contributed by atoms with Crippen LogP contribution in [0.5, 0.6) is 0 Å². The molecule has 0 fully saturated rings. The normalized spacial score (nSPS) is 26.2. The van der Waals surface area contributed by atoms with Crippen molar-refractivity contribution in [1.29, 1.82) is 0 Å². The van der Waals surface area contributed by atoms with Crippen LogP contribution in [0.2, 0.25) is 0 Å². The summed E-state index contributed by atoms with van der Waals surface area (Å²) in [4.78, 5) is 0. The monoisotopic (exact) mass is 247 g/mol. The second-order valence-electron chi connectivity index (χ2n) is 4.84. The van der Waals surface area contributed by atoms with Gasteiger partial charge in [-0.25, -0.2) is 0 Å². The molecule has 0 amide bonds. The lowest BCUT2D eigenvalue weighted by Crippen LogP contribution is -2.42. The number of hydroxylamine groups is 2. The van der Waals surface area contributed by atoms with E-state index in [1.165, 1.54) is 5.06 Å². The minimum absolute atomic E-state index is 0.00444. The van der Waals surface area contributed by atoms with Gasteiger partial charge in [0.1, 0.15) is 0 Å². The van der Waals surface area contributed by atoms with Crippen LogP contribution in [0, 0.1) is 5.92 Å². The van der Waals surface area contributed by atoms with E-state index in [0.29, 0.717) is 6.54 Å². The van der Waals surface area contributed by atoms with E-state index in [-0.39, 0.29) is 12.0 Å². The predicted octanol–water partition coefficient (Wildman–Crippen LogP) is 2.77. The molecule has 0 saturated heterocycles. The number of nitrogens with zero attached hydrogens (tertiary/aromatic N) is 1. The van der Waals surface area contributed by atoms with Gasteiger partial charge in [0.15, 0.2) is 0 Å². The van der Waals surface area contributed by atoms with E-state index in [4.69, 9.17) is 0 Å². The van der Waals surface area contributed by atoms with Crippen molar-refractivity contribution in [2.75, 3.05) is 6.54 Å². The van der Waals surface area contributed by atoms with E-state index < -0.39 is 6.10 Å². The lowest BCUT2D eigenvalue weighted by atomic mass is 9.85. The molecule has 0 spiro atoms. The van der Waals surface area contributed by atoms with Crippen molar-refractivity contribution in [3.05, 3.63) is 48.0 Å². The molecule has 98 valence electrons. The predicted molar refractivity (Wildman–Crippen MR) is 71.2 cm³/mol. The second kappa shape index (κ2) is 6.14. The first-order chi connectivity index (χ1) is 8.74. The maximum atomic E-state index is 10.5. The van der Waals surface area contributed by atoms with Crippen LogP contribution in [-0.2, 0) is 0 Å². The Morgan fingerprint density at radius 3 is 2.72 bits per heavy atom. The van der Waals surface area contributed by atoms with Crippen molar-refractivity contribution in [2.24, 2.45) is 5.92 Å². The van der Waals surface area contributed by atoms with Gasteiger partial charge in [0, 0.05) is 18.5 Å². The quantitative estimate of drug-likeness (QED) is 0.804. The van der Waals surface area contributed by atoms with Gasteiger partial charge in [-0.1, -0.05) is 55.8 Å². The van der Waals surface area contributed by atoms with Gasteiger partial charge in [-0.15, -0.1) is 0 Å². The molecular weight excluding hydrogens is 226 g/mol. The zero-order valence-corrected chi connectivity index (χ0v) is 10.7. The van der Waals surface area contributed by atoms with Gasteiger partial charge in [-0.2, -0.15) is 5.06 Å². The Morgan fingerprint density at radius 2 is 2.06 bits per heavy atom. The van der Waals surface area contributed by atoms with Crippen molar-refractivity contribution >= 4 is 0 Å². The molecule has 1 aromatic rings. The summed E-state index contributed by atoms with van der Waals surface area (Å²) in [6, 6.07) is 9.65. The first-order valence-electron chi connectivity index (χ1n) is 6.59. The molecule has 1 heterocycles. The Hall–Kier alpha value is -1.16. The molecule has 2 rings (SSSR count). The fourth-order valence-corrected chi connectivity index (χ4v) is 2.61. The minimum atomic E-state index is -0.561. The second-order valence-corrected chi connectivity index (χ2v) is 4.84. The zero-order chi connectivity index (χ0) is 13.0. The molecule has 18 heavy (non-hydrogen) atoms. The van der Waals surface area contributed by atoms with E-state index in [2.05, 4.69) is 6.92 Å². The van der Waals surface area contributed by atoms with Crippen LogP contribution in [0.4, 0.5) is 0 Å². The van der Waals surface area contributed by atoms with Crippen LogP contribution in [-0.4, -0.2) is 28.0 Å². The molecule has 3 atom stereocenters. The molecule has 3 nitrogen and oxygen atoms in total. The van der Waals surface area contributed by atoms with Crippen LogP contribution < -0.4 is 0 Å².